The van der Waals surface area contributed by atoms with Crippen molar-refractivity contribution in [2.45, 2.75) is 0 Å². The molecule has 0 aliphatic rings. The van der Waals surface area contributed by atoms with Crippen LogP contribution in [0.5, 0.6) is 17.2 Å². The molecule has 0 aliphatic carbocycles. The van der Waals surface area contributed by atoms with Gasteiger partial charge >= 0.3 is 0 Å². The lowest BCUT2D eigenvalue weighted by Gasteiger charge is -2.09. The highest BCUT2D eigenvalue weighted by molar-refractivity contribution is 7.71. The van der Waals surface area contributed by atoms with Crippen molar-refractivity contribution >= 4 is 12.2 Å². The lowest BCUT2D eigenvalue weighted by molar-refractivity contribution is 0.415. The van der Waals surface area contributed by atoms with Crippen molar-refractivity contribution < 1.29 is 9.47 Å². The van der Waals surface area contributed by atoms with Crippen LogP contribution in [-0.4, -0.2) is 21.9 Å². The predicted octanol–water partition coefficient (Wildman–Crippen LogP) is 5.40. The van der Waals surface area contributed by atoms with Gasteiger partial charge in [0, 0.05) is 5.56 Å². The van der Waals surface area contributed by atoms with E-state index in [1.54, 1.807) is 7.11 Å². The minimum Gasteiger partial charge on any atom is -0.497 e. The Morgan fingerprint density at radius 3 is 2.11 bits per heavy atom. The first-order chi connectivity index (χ1) is 13.2. The molecule has 0 bridgehead atoms. The number of para-hydroxylation sites is 1. The standard InChI is InChI=1S/C21H17N3O2S/c1-25-17-11-7-15(8-12-17)20-22-23-21(27)24(20)16-9-13-19(14-10-16)26-18-5-3-2-4-6-18/h2-14H,1H3,(H,23,27). The molecule has 6 heteroatoms. The third-order valence-electron chi connectivity index (χ3n) is 4.09. The molecule has 27 heavy (non-hydrogen) atoms. The van der Waals surface area contributed by atoms with Gasteiger partial charge in [0.1, 0.15) is 17.2 Å². The van der Waals surface area contributed by atoms with Gasteiger partial charge in [-0.1, -0.05) is 18.2 Å². The molecule has 0 spiro atoms. The van der Waals surface area contributed by atoms with Crippen LogP contribution in [0.3, 0.4) is 0 Å². The van der Waals surface area contributed by atoms with E-state index >= 15 is 0 Å². The number of aromatic nitrogens is 3. The number of ether oxygens (including phenoxy) is 2. The summed E-state index contributed by atoms with van der Waals surface area (Å²) in [5, 5.41) is 7.25. The second kappa shape index (κ2) is 7.47. The summed E-state index contributed by atoms with van der Waals surface area (Å²) in [5.41, 5.74) is 1.84. The van der Waals surface area contributed by atoms with E-state index in [2.05, 4.69) is 10.2 Å². The minimum atomic E-state index is 0.526. The number of hydrogen-bond acceptors (Lipinski definition) is 4. The molecule has 4 rings (SSSR count). The van der Waals surface area contributed by atoms with Crippen LogP contribution in [0.2, 0.25) is 0 Å². The normalized spacial score (nSPS) is 10.6. The number of nitrogens with one attached hydrogen (secondary N) is 1. The van der Waals surface area contributed by atoms with Gasteiger partial charge in [-0.15, -0.1) is 0 Å². The van der Waals surface area contributed by atoms with Crippen LogP contribution in [0.1, 0.15) is 0 Å². The summed E-state index contributed by atoms with van der Waals surface area (Å²) in [4.78, 5) is 0. The Labute approximate surface area is 161 Å². The van der Waals surface area contributed by atoms with E-state index in [0.29, 0.717) is 4.77 Å². The largest absolute Gasteiger partial charge is 0.497 e. The second-order valence-electron chi connectivity index (χ2n) is 5.83. The minimum absolute atomic E-state index is 0.526. The number of rotatable bonds is 5. The quantitative estimate of drug-likeness (QED) is 0.475. The molecule has 0 aliphatic heterocycles. The van der Waals surface area contributed by atoms with E-state index in [1.165, 1.54) is 0 Å². The van der Waals surface area contributed by atoms with Gasteiger partial charge in [-0.05, 0) is 72.9 Å². The van der Waals surface area contributed by atoms with E-state index in [1.807, 2.05) is 83.4 Å². The smallest absolute Gasteiger partial charge is 0.200 e. The van der Waals surface area contributed by atoms with Gasteiger partial charge in [-0.3, -0.25) is 9.67 Å². The first-order valence-corrected chi connectivity index (χ1v) is 8.80. The predicted molar refractivity (Wildman–Crippen MR) is 107 cm³/mol. The van der Waals surface area contributed by atoms with Crippen molar-refractivity contribution in [3.05, 3.63) is 83.6 Å². The van der Waals surface area contributed by atoms with Crippen molar-refractivity contribution in [1.29, 1.82) is 0 Å². The van der Waals surface area contributed by atoms with Crippen molar-refractivity contribution in [3.63, 3.8) is 0 Å². The Kier molecular flexibility index (Phi) is 4.72. The number of hydrogen-bond donors (Lipinski definition) is 1. The molecule has 3 aromatic carbocycles. The molecular formula is C21H17N3O2S. The lowest BCUT2D eigenvalue weighted by atomic mass is 10.2. The van der Waals surface area contributed by atoms with Crippen molar-refractivity contribution in [2.24, 2.45) is 0 Å². The van der Waals surface area contributed by atoms with Crippen LogP contribution in [-0.2, 0) is 0 Å². The molecule has 1 heterocycles. The van der Waals surface area contributed by atoms with Crippen LogP contribution >= 0.6 is 12.2 Å². The molecule has 0 fully saturated rings. The molecule has 0 atom stereocenters. The molecule has 5 nitrogen and oxygen atoms in total. The molecule has 1 N–H and O–H groups in total. The second-order valence-corrected chi connectivity index (χ2v) is 6.21. The summed E-state index contributed by atoms with van der Waals surface area (Å²) in [5.74, 6) is 3.08. The Balaban J connectivity index is 1.65. The van der Waals surface area contributed by atoms with Crippen molar-refractivity contribution in [1.82, 2.24) is 14.8 Å². The Bertz CT molecular complexity index is 1080. The van der Waals surface area contributed by atoms with Crippen LogP contribution in [0.15, 0.2) is 78.9 Å². The average molecular weight is 375 g/mol. The average Bonchev–Trinajstić information content (AvgIpc) is 3.11. The number of benzene rings is 3. The van der Waals surface area contributed by atoms with Crippen LogP contribution in [0, 0.1) is 4.77 Å². The molecular weight excluding hydrogens is 358 g/mol. The maximum Gasteiger partial charge on any atom is 0.200 e. The number of aromatic amines is 1. The van der Waals surface area contributed by atoms with Gasteiger partial charge in [-0.2, -0.15) is 5.10 Å². The summed E-state index contributed by atoms with van der Waals surface area (Å²) in [6.45, 7) is 0. The zero-order chi connectivity index (χ0) is 18.6. The SMILES string of the molecule is COc1ccc(-c2n[nH]c(=S)n2-c2ccc(Oc3ccccc3)cc2)cc1. The monoisotopic (exact) mass is 375 g/mol. The first-order valence-electron chi connectivity index (χ1n) is 8.40. The maximum absolute atomic E-state index is 5.85. The Morgan fingerprint density at radius 2 is 1.44 bits per heavy atom. The number of H-pyrrole nitrogens is 1. The third-order valence-corrected chi connectivity index (χ3v) is 4.37. The number of nitrogens with zero attached hydrogens (tertiary/aromatic N) is 2. The zero-order valence-corrected chi connectivity index (χ0v) is 15.4. The summed E-state index contributed by atoms with van der Waals surface area (Å²) in [6.07, 6.45) is 0. The zero-order valence-electron chi connectivity index (χ0n) is 14.6. The lowest BCUT2D eigenvalue weighted by Crippen LogP contribution is -1.98. The van der Waals surface area contributed by atoms with Gasteiger partial charge in [0.15, 0.2) is 10.6 Å². The molecule has 0 saturated carbocycles. The van der Waals surface area contributed by atoms with Crippen molar-refractivity contribution in [3.8, 4) is 34.3 Å². The third kappa shape index (κ3) is 3.61. The van der Waals surface area contributed by atoms with Gasteiger partial charge in [0.2, 0.25) is 0 Å². The van der Waals surface area contributed by atoms with Gasteiger partial charge in [0.25, 0.3) is 0 Å². The van der Waals surface area contributed by atoms with Crippen LogP contribution < -0.4 is 9.47 Å². The van der Waals surface area contributed by atoms with Crippen LogP contribution in [0.4, 0.5) is 0 Å². The van der Waals surface area contributed by atoms with Crippen molar-refractivity contribution in [2.75, 3.05) is 7.11 Å². The molecule has 0 radical (unpaired) electrons. The van der Waals surface area contributed by atoms with E-state index in [0.717, 1.165) is 34.3 Å². The summed E-state index contributed by atoms with van der Waals surface area (Å²) < 4.78 is 13.5. The highest BCUT2D eigenvalue weighted by Crippen LogP contribution is 2.26. The van der Waals surface area contributed by atoms with E-state index < -0.39 is 0 Å². The fraction of sp³-hybridized carbons (Fsp3) is 0.0476. The highest BCUT2D eigenvalue weighted by Gasteiger charge is 2.11. The fourth-order valence-corrected chi connectivity index (χ4v) is 3.00. The number of methoxy groups -OCH3 is 1. The van der Waals surface area contributed by atoms with E-state index in [4.69, 9.17) is 21.7 Å². The van der Waals surface area contributed by atoms with E-state index in [-0.39, 0.29) is 0 Å². The maximum atomic E-state index is 5.85. The molecule has 0 unspecified atom stereocenters. The Hall–Kier alpha value is -3.38. The topological polar surface area (TPSA) is 52.1 Å². The molecule has 4 aromatic rings. The molecule has 1 aromatic heterocycles. The van der Waals surface area contributed by atoms with Gasteiger partial charge in [-0.25, -0.2) is 0 Å². The van der Waals surface area contributed by atoms with E-state index in [9.17, 15) is 0 Å². The summed E-state index contributed by atoms with van der Waals surface area (Å²) in [6, 6.07) is 25.1. The molecule has 0 amide bonds. The first kappa shape index (κ1) is 17.1. The fourth-order valence-electron chi connectivity index (χ4n) is 2.76. The van der Waals surface area contributed by atoms with Gasteiger partial charge < -0.3 is 9.47 Å². The summed E-state index contributed by atoms with van der Waals surface area (Å²) in [7, 11) is 1.64. The molecule has 134 valence electrons. The Morgan fingerprint density at radius 1 is 0.815 bits per heavy atom. The van der Waals surface area contributed by atoms with Crippen LogP contribution in [0.25, 0.3) is 17.1 Å². The highest BCUT2D eigenvalue weighted by atomic mass is 32.1. The summed E-state index contributed by atoms with van der Waals surface area (Å²) >= 11 is 5.43. The molecule has 0 saturated heterocycles. The van der Waals surface area contributed by atoms with Gasteiger partial charge in [0.05, 0.1) is 12.8 Å².